The van der Waals surface area contributed by atoms with Crippen molar-refractivity contribution in [3.63, 3.8) is 0 Å². The number of halogens is 3. The highest BCUT2D eigenvalue weighted by Crippen LogP contribution is 2.36. The molecule has 1 radical (unpaired) electrons. The Balaban J connectivity index is 3.18. The highest BCUT2D eigenvalue weighted by atomic mass is 19.4. The van der Waals surface area contributed by atoms with Crippen molar-refractivity contribution in [2.45, 2.75) is 26.1 Å². The average molecular weight is 217 g/mol. The summed E-state index contributed by atoms with van der Waals surface area (Å²) in [7, 11) is 0. The zero-order valence-corrected chi connectivity index (χ0v) is 8.51. The van der Waals surface area contributed by atoms with Gasteiger partial charge in [-0.05, 0) is 17.5 Å². The summed E-state index contributed by atoms with van der Waals surface area (Å²) in [5.41, 5.74) is -0.987. The molecule has 0 aliphatic heterocycles. The molecular formula is C11H12F3O. The van der Waals surface area contributed by atoms with Crippen LogP contribution in [0.1, 0.15) is 31.1 Å². The molecule has 15 heavy (non-hydrogen) atoms. The normalized spacial score (nSPS) is 14.3. The summed E-state index contributed by atoms with van der Waals surface area (Å²) in [5.74, 6) is -0.353. The fraction of sp³-hybridized carbons (Fsp3) is 0.455. The van der Waals surface area contributed by atoms with Gasteiger partial charge >= 0.3 is 6.18 Å². The third-order valence-corrected chi connectivity index (χ3v) is 2.18. The fourth-order valence-electron chi connectivity index (χ4n) is 1.36. The van der Waals surface area contributed by atoms with Gasteiger partial charge in [0.15, 0.2) is 0 Å². The van der Waals surface area contributed by atoms with E-state index in [4.69, 9.17) is 0 Å². The summed E-state index contributed by atoms with van der Waals surface area (Å²) >= 11 is 0. The molecule has 0 aliphatic carbocycles. The molecule has 0 amide bonds. The van der Waals surface area contributed by atoms with E-state index in [0.29, 0.717) is 0 Å². The molecule has 0 heterocycles. The van der Waals surface area contributed by atoms with Gasteiger partial charge in [-0.1, -0.05) is 32.0 Å². The van der Waals surface area contributed by atoms with Crippen LogP contribution in [0.5, 0.6) is 0 Å². The van der Waals surface area contributed by atoms with Gasteiger partial charge < -0.3 is 0 Å². The molecular weight excluding hydrogens is 205 g/mol. The predicted molar refractivity (Wildman–Crippen MR) is 49.7 cm³/mol. The standard InChI is InChI=1S/C11H12F3O/c1-7(2)10(15)8-5-3-4-6-9(8)11(12,13)14/h3-7,10H,1-2H3. The lowest BCUT2D eigenvalue weighted by atomic mass is 9.94. The molecule has 4 heteroatoms. The molecule has 1 aromatic rings. The SMILES string of the molecule is CC(C)C([O])c1ccccc1C(F)(F)F. The Morgan fingerprint density at radius 3 is 2.13 bits per heavy atom. The maximum atomic E-state index is 12.5. The van der Waals surface area contributed by atoms with Crippen molar-refractivity contribution in [2.24, 2.45) is 5.92 Å². The maximum absolute atomic E-state index is 12.5. The van der Waals surface area contributed by atoms with E-state index in [1.54, 1.807) is 13.8 Å². The maximum Gasteiger partial charge on any atom is 0.416 e. The fourth-order valence-corrected chi connectivity index (χ4v) is 1.36. The monoisotopic (exact) mass is 217 g/mol. The van der Waals surface area contributed by atoms with Crippen molar-refractivity contribution in [3.05, 3.63) is 35.4 Å². The zero-order chi connectivity index (χ0) is 11.6. The second-order valence-corrected chi connectivity index (χ2v) is 3.75. The number of benzene rings is 1. The molecule has 1 atom stereocenters. The molecule has 0 fully saturated rings. The molecule has 0 bridgehead atoms. The summed E-state index contributed by atoms with van der Waals surface area (Å²) in [6.45, 7) is 3.23. The van der Waals surface area contributed by atoms with Crippen LogP contribution in [0.25, 0.3) is 0 Å². The Bertz CT molecular complexity index is 331. The first kappa shape index (κ1) is 12.0. The lowest BCUT2D eigenvalue weighted by molar-refractivity contribution is -0.140. The van der Waals surface area contributed by atoms with E-state index < -0.39 is 17.8 Å². The van der Waals surface area contributed by atoms with Crippen molar-refractivity contribution >= 4 is 0 Å². The van der Waals surface area contributed by atoms with E-state index in [0.717, 1.165) is 6.07 Å². The second kappa shape index (κ2) is 4.23. The third-order valence-electron chi connectivity index (χ3n) is 2.18. The summed E-state index contributed by atoms with van der Waals surface area (Å²) in [6.07, 6.45) is -5.78. The molecule has 0 N–H and O–H groups in total. The van der Waals surface area contributed by atoms with E-state index >= 15 is 0 Å². The average Bonchev–Trinajstić information content (AvgIpc) is 2.15. The first-order valence-corrected chi connectivity index (χ1v) is 4.66. The molecule has 83 valence electrons. The highest BCUT2D eigenvalue weighted by molar-refractivity contribution is 5.31. The lowest BCUT2D eigenvalue weighted by Gasteiger charge is -2.18. The number of alkyl halides is 3. The molecule has 1 nitrogen and oxygen atoms in total. The van der Waals surface area contributed by atoms with Gasteiger partial charge in [0.2, 0.25) is 0 Å². The van der Waals surface area contributed by atoms with Crippen LogP contribution in [0.2, 0.25) is 0 Å². The van der Waals surface area contributed by atoms with Crippen LogP contribution in [-0.4, -0.2) is 0 Å². The van der Waals surface area contributed by atoms with Gasteiger partial charge in [-0.3, -0.25) is 0 Å². The van der Waals surface area contributed by atoms with Gasteiger partial charge in [0, 0.05) is 0 Å². The Morgan fingerprint density at radius 2 is 1.67 bits per heavy atom. The minimum Gasteiger partial charge on any atom is -0.228 e. The predicted octanol–water partition coefficient (Wildman–Crippen LogP) is 3.83. The van der Waals surface area contributed by atoms with E-state index in [1.165, 1.54) is 18.2 Å². The largest absolute Gasteiger partial charge is 0.416 e. The number of hydrogen-bond donors (Lipinski definition) is 0. The van der Waals surface area contributed by atoms with Gasteiger partial charge in [-0.15, -0.1) is 0 Å². The quantitative estimate of drug-likeness (QED) is 0.717. The Hall–Kier alpha value is -1.03. The van der Waals surface area contributed by atoms with Gasteiger partial charge in [-0.2, -0.15) is 13.2 Å². The molecule has 1 unspecified atom stereocenters. The Labute approximate surface area is 86.5 Å². The summed E-state index contributed by atoms with van der Waals surface area (Å²) < 4.78 is 37.6. The van der Waals surface area contributed by atoms with Crippen LogP contribution in [-0.2, 0) is 11.3 Å². The van der Waals surface area contributed by atoms with Crippen molar-refractivity contribution < 1.29 is 18.3 Å². The minimum atomic E-state index is -4.45. The first-order valence-electron chi connectivity index (χ1n) is 4.66. The van der Waals surface area contributed by atoms with Crippen LogP contribution in [0.15, 0.2) is 24.3 Å². The molecule has 0 aromatic heterocycles. The van der Waals surface area contributed by atoms with Gasteiger partial charge in [-0.25, -0.2) is 5.11 Å². The van der Waals surface area contributed by atoms with Crippen LogP contribution in [0.3, 0.4) is 0 Å². The Morgan fingerprint density at radius 1 is 1.13 bits per heavy atom. The molecule has 0 aliphatic rings. The van der Waals surface area contributed by atoms with Crippen LogP contribution in [0, 0.1) is 5.92 Å². The van der Waals surface area contributed by atoms with Crippen molar-refractivity contribution in [2.75, 3.05) is 0 Å². The van der Waals surface area contributed by atoms with E-state index in [1.807, 2.05) is 0 Å². The van der Waals surface area contributed by atoms with Crippen LogP contribution < -0.4 is 0 Å². The highest BCUT2D eigenvalue weighted by Gasteiger charge is 2.35. The summed E-state index contributed by atoms with van der Waals surface area (Å²) in [5, 5.41) is 11.6. The van der Waals surface area contributed by atoms with Gasteiger partial charge in [0.25, 0.3) is 0 Å². The van der Waals surface area contributed by atoms with Gasteiger partial charge in [0.1, 0.15) is 6.10 Å². The third kappa shape index (κ3) is 2.72. The van der Waals surface area contributed by atoms with Crippen molar-refractivity contribution in [3.8, 4) is 0 Å². The number of rotatable bonds is 2. The molecule has 0 saturated carbocycles. The number of hydrogen-bond acceptors (Lipinski definition) is 0. The van der Waals surface area contributed by atoms with Crippen LogP contribution >= 0.6 is 0 Å². The molecule has 1 rings (SSSR count). The minimum absolute atomic E-state index is 0.167. The molecule has 0 saturated heterocycles. The molecule has 0 spiro atoms. The Kier molecular flexibility index (Phi) is 3.39. The summed E-state index contributed by atoms with van der Waals surface area (Å²) in [6, 6.07) is 4.94. The van der Waals surface area contributed by atoms with Crippen molar-refractivity contribution in [1.82, 2.24) is 0 Å². The molecule has 1 aromatic carbocycles. The topological polar surface area (TPSA) is 19.9 Å². The second-order valence-electron chi connectivity index (χ2n) is 3.75. The van der Waals surface area contributed by atoms with E-state index in [-0.39, 0.29) is 11.5 Å². The van der Waals surface area contributed by atoms with E-state index in [2.05, 4.69) is 0 Å². The van der Waals surface area contributed by atoms with Gasteiger partial charge in [0.05, 0.1) is 5.56 Å². The van der Waals surface area contributed by atoms with E-state index in [9.17, 15) is 18.3 Å². The van der Waals surface area contributed by atoms with Crippen LogP contribution in [0.4, 0.5) is 13.2 Å². The van der Waals surface area contributed by atoms with Crippen molar-refractivity contribution in [1.29, 1.82) is 0 Å². The summed E-state index contributed by atoms with van der Waals surface area (Å²) in [4.78, 5) is 0. The smallest absolute Gasteiger partial charge is 0.228 e. The zero-order valence-electron chi connectivity index (χ0n) is 8.51. The lowest BCUT2D eigenvalue weighted by Crippen LogP contribution is -2.14. The first-order chi connectivity index (χ1) is 6.84.